The van der Waals surface area contributed by atoms with Crippen molar-refractivity contribution in [3.63, 3.8) is 0 Å². The van der Waals surface area contributed by atoms with Crippen molar-refractivity contribution in [3.05, 3.63) is 35.6 Å². The Morgan fingerprint density at radius 2 is 2.20 bits per heavy atom. The van der Waals surface area contributed by atoms with Gasteiger partial charge in [0.05, 0.1) is 12.7 Å². The van der Waals surface area contributed by atoms with Crippen LogP contribution in [0.25, 0.3) is 0 Å². The van der Waals surface area contributed by atoms with Gasteiger partial charge >= 0.3 is 12.1 Å². The van der Waals surface area contributed by atoms with E-state index in [1.807, 2.05) is 6.07 Å². The molecule has 4 atom stereocenters. The van der Waals surface area contributed by atoms with Gasteiger partial charge in [0.15, 0.2) is 0 Å². The highest BCUT2D eigenvalue weighted by molar-refractivity contribution is 5.74. The van der Waals surface area contributed by atoms with Crippen molar-refractivity contribution in [1.29, 1.82) is 0 Å². The molecule has 0 saturated carbocycles. The molecular weight excluding hydrogens is 455 g/mol. The Labute approximate surface area is 206 Å². The number of hydrogen-bond donors (Lipinski definition) is 3. The molecule has 1 aromatic carbocycles. The van der Waals surface area contributed by atoms with Crippen LogP contribution in [0.1, 0.15) is 43.8 Å². The molecule has 0 aliphatic carbocycles. The molecule has 3 rings (SSSR count). The van der Waals surface area contributed by atoms with Crippen LogP contribution in [0, 0.1) is 17.7 Å². The monoisotopic (exact) mass is 494 g/mol. The largest absolute Gasteiger partial charge is 0.465 e. The lowest BCUT2D eigenvalue weighted by Crippen LogP contribution is -2.49. The normalized spacial score (nSPS) is 22.3. The Morgan fingerprint density at radius 1 is 1.37 bits per heavy atom. The molecule has 4 N–H and O–H groups in total. The van der Waals surface area contributed by atoms with Gasteiger partial charge in [-0.15, -0.1) is 0 Å². The lowest BCUT2D eigenvalue weighted by molar-refractivity contribution is -0.0155. The maximum Gasteiger partial charge on any atom is 0.407 e. The Bertz CT molecular complexity index is 823. The quantitative estimate of drug-likeness (QED) is 0.460. The van der Waals surface area contributed by atoms with Crippen LogP contribution in [0.5, 0.6) is 0 Å². The second-order valence-corrected chi connectivity index (χ2v) is 9.66. The highest BCUT2D eigenvalue weighted by Crippen LogP contribution is 2.33. The number of likely N-dealkylation sites (N-methyl/N-ethyl adjacent to an activating group) is 1. The van der Waals surface area contributed by atoms with Crippen molar-refractivity contribution in [2.24, 2.45) is 17.6 Å². The number of ether oxygens (including phenoxy) is 2. The fraction of sp³-hybridized carbons (Fsp3) is 0.680. The maximum atomic E-state index is 14.0. The molecule has 3 amide bonds. The van der Waals surface area contributed by atoms with Gasteiger partial charge in [-0.1, -0.05) is 12.1 Å². The summed E-state index contributed by atoms with van der Waals surface area (Å²) < 4.78 is 25.6. The molecule has 10 heteroatoms. The average molecular weight is 495 g/mol. The van der Waals surface area contributed by atoms with E-state index in [1.165, 1.54) is 19.2 Å². The van der Waals surface area contributed by atoms with E-state index >= 15 is 0 Å². The van der Waals surface area contributed by atoms with E-state index < -0.39 is 12.2 Å². The lowest BCUT2D eigenvalue weighted by atomic mass is 9.88. The molecule has 2 aliphatic rings. The second kappa shape index (κ2) is 13.6. The van der Waals surface area contributed by atoms with Gasteiger partial charge in [-0.25, -0.2) is 14.0 Å². The average Bonchev–Trinajstić information content (AvgIpc) is 2.85. The number of benzene rings is 1. The van der Waals surface area contributed by atoms with E-state index in [-0.39, 0.29) is 37.0 Å². The van der Waals surface area contributed by atoms with Gasteiger partial charge in [0, 0.05) is 58.4 Å². The number of urea groups is 1. The summed E-state index contributed by atoms with van der Waals surface area (Å²) in [5.41, 5.74) is 6.95. The minimum absolute atomic E-state index is 0.0421. The van der Waals surface area contributed by atoms with Crippen molar-refractivity contribution in [2.45, 2.75) is 44.2 Å². The zero-order chi connectivity index (χ0) is 25.2. The first-order valence-corrected chi connectivity index (χ1v) is 12.5. The number of likely N-dealkylation sites (tertiary alicyclic amines) is 1. The Morgan fingerprint density at radius 3 is 2.91 bits per heavy atom. The number of nitrogens with one attached hydrogen (secondary N) is 1. The fourth-order valence-electron chi connectivity index (χ4n) is 4.88. The number of nitrogens with zero attached hydrogens (tertiary/aromatic N) is 2. The Balaban J connectivity index is 1.56. The second-order valence-electron chi connectivity index (χ2n) is 9.66. The van der Waals surface area contributed by atoms with Gasteiger partial charge in [0.2, 0.25) is 0 Å². The van der Waals surface area contributed by atoms with Crippen LogP contribution in [0.2, 0.25) is 0 Å². The molecular formula is C25H39FN4O5. The van der Waals surface area contributed by atoms with Crippen LogP contribution in [0.4, 0.5) is 14.0 Å². The van der Waals surface area contributed by atoms with E-state index in [1.54, 1.807) is 11.0 Å². The summed E-state index contributed by atoms with van der Waals surface area (Å²) in [5, 5.41) is 12.1. The highest BCUT2D eigenvalue weighted by atomic mass is 19.1. The molecule has 2 saturated heterocycles. The highest BCUT2D eigenvalue weighted by Gasteiger charge is 2.31. The zero-order valence-electron chi connectivity index (χ0n) is 20.5. The SMILES string of the molecule is CN(CCOC(c1cccc(F)c1)[C@@H]1CCCN(C(=O)NC[C@H](N)C[C@H]2CCCOC2)C1)C(=O)O. The molecule has 2 fully saturated rings. The third kappa shape index (κ3) is 8.63. The third-order valence-corrected chi connectivity index (χ3v) is 6.81. The van der Waals surface area contributed by atoms with E-state index in [0.717, 1.165) is 50.2 Å². The minimum atomic E-state index is -1.04. The molecule has 9 nitrogen and oxygen atoms in total. The van der Waals surface area contributed by atoms with E-state index in [0.29, 0.717) is 31.1 Å². The number of carbonyl (C=O) groups excluding carboxylic acids is 1. The van der Waals surface area contributed by atoms with Gasteiger partial charge in [-0.05, 0) is 55.7 Å². The van der Waals surface area contributed by atoms with Crippen LogP contribution in [0.3, 0.4) is 0 Å². The first kappa shape index (κ1) is 27.2. The predicted molar refractivity (Wildman–Crippen MR) is 130 cm³/mol. The Hall–Kier alpha value is -2.43. The topological polar surface area (TPSA) is 117 Å². The molecule has 1 aromatic rings. The summed E-state index contributed by atoms with van der Waals surface area (Å²) in [4.78, 5) is 26.9. The standard InChI is InChI=1S/C25H39FN4O5/c1-29(25(32)33)10-12-35-23(19-6-2-8-21(26)14-19)20-7-3-9-30(16-20)24(31)28-15-22(27)13-18-5-4-11-34-17-18/h2,6,8,14,18,20,22-23H,3-5,7,9-13,15-17,27H2,1H3,(H,28,31)(H,32,33)/t18-,20-,22-,23?/m1/s1. The number of halogens is 1. The first-order chi connectivity index (χ1) is 16.8. The third-order valence-electron chi connectivity index (χ3n) is 6.81. The smallest absolute Gasteiger partial charge is 0.407 e. The van der Waals surface area contributed by atoms with Crippen molar-refractivity contribution in [3.8, 4) is 0 Å². The summed E-state index contributed by atoms with van der Waals surface area (Å²) in [6.07, 6.45) is 3.12. The summed E-state index contributed by atoms with van der Waals surface area (Å²) in [6, 6.07) is 5.98. The van der Waals surface area contributed by atoms with Gasteiger partial charge in [-0.2, -0.15) is 0 Å². The van der Waals surface area contributed by atoms with E-state index in [4.69, 9.17) is 20.3 Å². The van der Waals surface area contributed by atoms with E-state index in [9.17, 15) is 14.0 Å². The number of carboxylic acid groups (broad SMARTS) is 1. The molecule has 35 heavy (non-hydrogen) atoms. The molecule has 0 radical (unpaired) electrons. The summed E-state index contributed by atoms with van der Waals surface area (Å²) in [7, 11) is 1.47. The van der Waals surface area contributed by atoms with Gasteiger partial charge in [-0.3, -0.25) is 0 Å². The van der Waals surface area contributed by atoms with Crippen LogP contribution < -0.4 is 11.1 Å². The Kier molecular flexibility index (Phi) is 10.6. The predicted octanol–water partition coefficient (Wildman–Crippen LogP) is 3.06. The molecule has 2 heterocycles. The van der Waals surface area contributed by atoms with Crippen LogP contribution in [0.15, 0.2) is 24.3 Å². The summed E-state index contributed by atoms with van der Waals surface area (Å²) in [6.45, 7) is 3.42. The van der Waals surface area contributed by atoms with Crippen molar-refractivity contribution in [1.82, 2.24) is 15.1 Å². The van der Waals surface area contributed by atoms with Crippen molar-refractivity contribution >= 4 is 12.1 Å². The molecule has 2 aliphatic heterocycles. The fourth-order valence-corrected chi connectivity index (χ4v) is 4.88. The molecule has 0 aromatic heterocycles. The minimum Gasteiger partial charge on any atom is -0.465 e. The summed E-state index contributed by atoms with van der Waals surface area (Å²) >= 11 is 0. The van der Waals surface area contributed by atoms with Crippen LogP contribution in [-0.4, -0.2) is 86.1 Å². The number of nitrogens with two attached hydrogens (primary N) is 1. The van der Waals surface area contributed by atoms with Crippen molar-refractivity contribution < 1.29 is 28.6 Å². The number of piperidine rings is 1. The molecule has 0 spiro atoms. The lowest BCUT2D eigenvalue weighted by Gasteiger charge is -2.37. The molecule has 0 bridgehead atoms. The van der Waals surface area contributed by atoms with E-state index in [2.05, 4.69) is 5.32 Å². The van der Waals surface area contributed by atoms with Crippen molar-refractivity contribution in [2.75, 3.05) is 53.0 Å². The molecule has 196 valence electrons. The zero-order valence-corrected chi connectivity index (χ0v) is 20.5. The molecule has 1 unspecified atom stereocenters. The first-order valence-electron chi connectivity index (χ1n) is 12.5. The summed E-state index contributed by atoms with van der Waals surface area (Å²) in [5.74, 6) is 0.0420. The van der Waals surface area contributed by atoms with Gasteiger partial charge in [0.1, 0.15) is 5.82 Å². The number of rotatable bonds is 10. The number of hydrogen-bond acceptors (Lipinski definition) is 5. The number of amides is 3. The number of carbonyl (C=O) groups is 2. The van der Waals surface area contributed by atoms with Crippen LogP contribution >= 0.6 is 0 Å². The maximum absolute atomic E-state index is 14.0. The van der Waals surface area contributed by atoms with Gasteiger partial charge in [0.25, 0.3) is 0 Å². The van der Waals surface area contributed by atoms with Gasteiger partial charge < -0.3 is 35.4 Å². The van der Waals surface area contributed by atoms with Crippen LogP contribution in [-0.2, 0) is 9.47 Å².